The van der Waals surface area contributed by atoms with E-state index in [2.05, 4.69) is 0 Å². The summed E-state index contributed by atoms with van der Waals surface area (Å²) in [4.78, 5) is 10.1. The number of hydrogen-bond acceptors (Lipinski definition) is 6. The van der Waals surface area contributed by atoms with Crippen molar-refractivity contribution in [1.29, 1.82) is 0 Å². The van der Waals surface area contributed by atoms with Crippen LogP contribution >= 0.6 is 7.60 Å². The monoisotopic (exact) mass is 338 g/mol. The quantitative estimate of drug-likeness (QED) is 0.380. The van der Waals surface area contributed by atoms with Gasteiger partial charge in [0.05, 0.1) is 17.7 Å². The molecule has 1 rings (SSSR count). The molecule has 0 aromatic heterocycles. The van der Waals surface area contributed by atoms with Crippen molar-refractivity contribution in [3.05, 3.63) is 0 Å². The van der Waals surface area contributed by atoms with E-state index in [1.807, 2.05) is 0 Å². The van der Waals surface area contributed by atoms with Crippen LogP contribution < -0.4 is 0 Å². The molecule has 0 bridgehead atoms. The van der Waals surface area contributed by atoms with Gasteiger partial charge in [-0.05, 0) is 26.7 Å². The van der Waals surface area contributed by atoms with E-state index in [4.69, 9.17) is 9.26 Å². The highest BCUT2D eigenvalue weighted by Gasteiger charge is 2.49. The van der Waals surface area contributed by atoms with Gasteiger partial charge in [0, 0.05) is 6.42 Å². The first-order valence-corrected chi connectivity index (χ1v) is 9.24. The van der Waals surface area contributed by atoms with Crippen molar-refractivity contribution >= 4 is 15.4 Å². The Balaban J connectivity index is 2.87. The smallest absolute Gasteiger partial charge is 0.359 e. The summed E-state index contributed by atoms with van der Waals surface area (Å²) in [7, 11) is -2.64. The standard InChI is InChI=1S/C13H28BO7P/c1-5-12(3,21-22(18,19)13(4,17)6-2)7-8-9(15)10(16)11(14)20-8/h8-11,15-17H,5-7,14H2,1-4H3,(H,18,19). The Morgan fingerprint density at radius 3 is 2.14 bits per heavy atom. The number of rotatable bonds is 7. The van der Waals surface area contributed by atoms with E-state index < -0.39 is 42.9 Å². The predicted molar refractivity (Wildman–Crippen MR) is 84.4 cm³/mol. The van der Waals surface area contributed by atoms with E-state index in [-0.39, 0.29) is 12.8 Å². The second kappa shape index (κ2) is 6.89. The van der Waals surface area contributed by atoms with E-state index >= 15 is 0 Å². The molecule has 1 aliphatic heterocycles. The Kier molecular flexibility index (Phi) is 6.30. The fraction of sp³-hybridized carbons (Fsp3) is 1.00. The molecule has 0 aromatic carbocycles. The highest BCUT2D eigenvalue weighted by Crippen LogP contribution is 2.59. The molecule has 0 spiro atoms. The first-order valence-electron chi connectivity index (χ1n) is 7.66. The summed E-state index contributed by atoms with van der Waals surface area (Å²) in [6.07, 6.45) is -2.18. The predicted octanol–water partition coefficient (Wildman–Crippen LogP) is -0.0545. The summed E-state index contributed by atoms with van der Waals surface area (Å²) in [5.41, 5.74) is -1.07. The van der Waals surface area contributed by atoms with Gasteiger partial charge in [-0.25, -0.2) is 0 Å². The molecule has 1 aliphatic rings. The van der Waals surface area contributed by atoms with E-state index in [9.17, 15) is 24.8 Å². The molecule has 9 heteroatoms. The zero-order valence-corrected chi connectivity index (χ0v) is 14.8. The maximum atomic E-state index is 12.4. The van der Waals surface area contributed by atoms with Crippen LogP contribution in [0.2, 0.25) is 0 Å². The molecular formula is C13H28BO7P. The van der Waals surface area contributed by atoms with E-state index in [1.165, 1.54) is 6.92 Å². The van der Waals surface area contributed by atoms with Crippen LogP contribution in [-0.4, -0.2) is 63.3 Å². The van der Waals surface area contributed by atoms with Crippen molar-refractivity contribution in [2.45, 2.75) is 82.2 Å². The lowest BCUT2D eigenvalue weighted by Gasteiger charge is -2.37. The minimum atomic E-state index is -4.28. The van der Waals surface area contributed by atoms with Crippen molar-refractivity contribution in [2.75, 3.05) is 0 Å². The second-order valence-corrected chi connectivity index (χ2v) is 8.74. The zero-order chi connectivity index (χ0) is 17.3. The van der Waals surface area contributed by atoms with Crippen molar-refractivity contribution in [2.24, 2.45) is 0 Å². The van der Waals surface area contributed by atoms with Crippen molar-refractivity contribution in [3.8, 4) is 0 Å². The summed E-state index contributed by atoms with van der Waals surface area (Å²) in [5, 5.41) is 27.9. The van der Waals surface area contributed by atoms with Gasteiger partial charge in [-0.2, -0.15) is 0 Å². The molecule has 7 unspecified atom stereocenters. The normalized spacial score (nSPS) is 37.3. The van der Waals surface area contributed by atoms with E-state index in [0.29, 0.717) is 6.42 Å². The third-order valence-corrected chi connectivity index (χ3v) is 6.83. The highest BCUT2D eigenvalue weighted by atomic mass is 31.2. The molecule has 7 nitrogen and oxygen atoms in total. The lowest BCUT2D eigenvalue weighted by molar-refractivity contribution is -0.0444. The Morgan fingerprint density at radius 1 is 1.23 bits per heavy atom. The van der Waals surface area contributed by atoms with Gasteiger partial charge in [0.2, 0.25) is 0 Å². The molecule has 1 fully saturated rings. The maximum Gasteiger partial charge on any atom is 0.359 e. The first kappa shape index (κ1) is 20.1. The van der Waals surface area contributed by atoms with Crippen LogP contribution in [-0.2, 0) is 13.8 Å². The van der Waals surface area contributed by atoms with Crippen LogP contribution in [0.25, 0.3) is 0 Å². The Morgan fingerprint density at radius 2 is 1.77 bits per heavy atom. The van der Waals surface area contributed by atoms with Gasteiger partial charge < -0.3 is 29.5 Å². The topological polar surface area (TPSA) is 116 Å². The summed E-state index contributed by atoms with van der Waals surface area (Å²) < 4.78 is 23.3. The molecule has 0 aliphatic carbocycles. The van der Waals surface area contributed by atoms with Crippen LogP contribution in [0.1, 0.15) is 47.0 Å². The molecule has 7 atom stereocenters. The maximum absolute atomic E-state index is 12.4. The average molecular weight is 338 g/mol. The van der Waals surface area contributed by atoms with Gasteiger partial charge in [0.15, 0.2) is 5.34 Å². The molecule has 0 saturated carbocycles. The summed E-state index contributed by atoms with van der Waals surface area (Å²) >= 11 is 0. The van der Waals surface area contributed by atoms with Crippen LogP contribution in [0.4, 0.5) is 0 Å². The summed E-state index contributed by atoms with van der Waals surface area (Å²) in [6.45, 7) is 6.27. The molecule has 1 heterocycles. The third kappa shape index (κ3) is 4.12. The average Bonchev–Trinajstić information content (AvgIpc) is 2.65. The minimum absolute atomic E-state index is 0.0683. The van der Waals surface area contributed by atoms with Gasteiger partial charge in [0.1, 0.15) is 20.1 Å². The van der Waals surface area contributed by atoms with Crippen molar-refractivity contribution in [1.82, 2.24) is 0 Å². The molecule has 0 aromatic rings. The third-order valence-electron chi connectivity index (χ3n) is 4.60. The SMILES string of the molecule is BC1OC(CC(C)(CC)OP(=O)(O)C(C)(O)CC)C(O)C1O. The number of aliphatic hydroxyl groups is 3. The lowest BCUT2D eigenvalue weighted by atomic mass is 9.90. The minimum Gasteiger partial charge on any atom is -0.388 e. The Hall–Kier alpha value is 0.0549. The lowest BCUT2D eigenvalue weighted by Crippen LogP contribution is -2.40. The summed E-state index contributed by atoms with van der Waals surface area (Å²) in [5.74, 6) is 0. The van der Waals surface area contributed by atoms with E-state index in [0.717, 1.165) is 0 Å². The molecule has 130 valence electrons. The van der Waals surface area contributed by atoms with Gasteiger partial charge in [-0.15, -0.1) is 0 Å². The van der Waals surface area contributed by atoms with Crippen LogP contribution in [0.5, 0.6) is 0 Å². The fourth-order valence-corrected chi connectivity index (χ4v) is 3.77. The van der Waals surface area contributed by atoms with E-state index in [1.54, 1.807) is 28.6 Å². The highest BCUT2D eigenvalue weighted by molar-refractivity contribution is 7.54. The molecule has 22 heavy (non-hydrogen) atoms. The molecule has 4 N–H and O–H groups in total. The van der Waals surface area contributed by atoms with Crippen LogP contribution in [0.3, 0.4) is 0 Å². The molecule has 1 saturated heterocycles. The Labute approximate surface area is 132 Å². The van der Waals surface area contributed by atoms with Crippen molar-refractivity contribution < 1.29 is 34.0 Å². The summed E-state index contributed by atoms with van der Waals surface area (Å²) in [6, 6.07) is -0.513. The number of ether oxygens (including phenoxy) is 1. The molecular weight excluding hydrogens is 310 g/mol. The zero-order valence-electron chi connectivity index (χ0n) is 13.9. The molecule has 0 amide bonds. The van der Waals surface area contributed by atoms with Crippen LogP contribution in [0.15, 0.2) is 0 Å². The molecule has 0 radical (unpaired) electrons. The number of aliphatic hydroxyl groups excluding tert-OH is 2. The van der Waals surface area contributed by atoms with Gasteiger partial charge >= 0.3 is 7.60 Å². The van der Waals surface area contributed by atoms with Gasteiger partial charge in [-0.1, -0.05) is 13.8 Å². The Bertz CT molecular complexity index is 433. The van der Waals surface area contributed by atoms with Crippen molar-refractivity contribution in [3.63, 3.8) is 0 Å². The number of hydrogen-bond donors (Lipinski definition) is 4. The van der Waals surface area contributed by atoms with Gasteiger partial charge in [0.25, 0.3) is 0 Å². The van der Waals surface area contributed by atoms with Crippen LogP contribution in [0, 0.1) is 0 Å². The largest absolute Gasteiger partial charge is 0.388 e. The first-order chi connectivity index (χ1) is 9.89. The second-order valence-electron chi connectivity index (χ2n) is 6.55. The van der Waals surface area contributed by atoms with Gasteiger partial charge in [-0.3, -0.25) is 4.57 Å². The fourth-order valence-electron chi connectivity index (χ4n) is 2.37.